The molecule has 0 saturated carbocycles. The van der Waals surface area contributed by atoms with Gasteiger partial charge in [-0.2, -0.15) is 8.78 Å². The van der Waals surface area contributed by atoms with E-state index < -0.39 is 12.3 Å². The van der Waals surface area contributed by atoms with Gasteiger partial charge in [-0.3, -0.25) is 9.59 Å². The Morgan fingerprint density at radius 3 is 2.79 bits per heavy atom. The lowest BCUT2D eigenvalue weighted by atomic mass is 9.94. The van der Waals surface area contributed by atoms with Crippen molar-refractivity contribution in [1.82, 2.24) is 4.90 Å². The lowest BCUT2D eigenvalue weighted by Gasteiger charge is -2.30. The number of alkyl halides is 2. The molecule has 1 atom stereocenters. The molecule has 1 saturated heterocycles. The smallest absolute Gasteiger partial charge is 0.315 e. The Balaban J connectivity index is 2.58. The summed E-state index contributed by atoms with van der Waals surface area (Å²) in [5.74, 6) is -1.34. The molecule has 0 aromatic heterocycles. The highest BCUT2D eigenvalue weighted by atomic mass is 19.3. The van der Waals surface area contributed by atoms with E-state index in [1.165, 1.54) is 0 Å². The minimum absolute atomic E-state index is 0.0748. The second kappa shape index (κ2) is 4.48. The number of nitrogens with zero attached hydrogens (tertiary/aromatic N) is 1. The number of carbonyl (C=O) groups excluding carboxylic acids is 2. The Hall–Kier alpha value is -1.00. The van der Waals surface area contributed by atoms with Crippen LogP contribution >= 0.6 is 0 Å². The molecule has 3 nitrogen and oxygen atoms in total. The van der Waals surface area contributed by atoms with Gasteiger partial charge in [0.1, 0.15) is 5.78 Å². The Morgan fingerprint density at radius 1 is 1.64 bits per heavy atom. The van der Waals surface area contributed by atoms with E-state index in [-0.39, 0.29) is 31.2 Å². The van der Waals surface area contributed by atoms with Crippen LogP contribution in [0.1, 0.15) is 19.8 Å². The monoisotopic (exact) mass is 205 g/mol. The maximum atomic E-state index is 12.1. The van der Waals surface area contributed by atoms with Crippen LogP contribution in [0.25, 0.3) is 0 Å². The molecule has 0 aromatic carbocycles. The van der Waals surface area contributed by atoms with Gasteiger partial charge < -0.3 is 4.90 Å². The maximum absolute atomic E-state index is 12.1. The van der Waals surface area contributed by atoms with Crippen LogP contribution in [0.5, 0.6) is 0 Å². The maximum Gasteiger partial charge on any atom is 0.315 e. The fraction of sp³-hybridized carbons (Fsp3) is 0.778. The predicted octanol–water partition coefficient (Wildman–Crippen LogP) is 1.08. The highest BCUT2D eigenvalue weighted by Gasteiger charge is 2.31. The molecule has 0 bridgehead atoms. The summed E-state index contributed by atoms with van der Waals surface area (Å²) in [5.41, 5.74) is 0. The lowest BCUT2D eigenvalue weighted by molar-refractivity contribution is -0.146. The van der Waals surface area contributed by atoms with Crippen molar-refractivity contribution in [2.24, 2.45) is 5.92 Å². The molecule has 5 heteroatoms. The molecule has 1 unspecified atom stereocenters. The molecule has 1 aliphatic heterocycles. The summed E-state index contributed by atoms with van der Waals surface area (Å²) in [4.78, 5) is 23.3. The van der Waals surface area contributed by atoms with Crippen LogP contribution in [0.4, 0.5) is 8.78 Å². The van der Waals surface area contributed by atoms with Gasteiger partial charge >= 0.3 is 6.43 Å². The summed E-state index contributed by atoms with van der Waals surface area (Å²) >= 11 is 0. The van der Waals surface area contributed by atoms with Crippen molar-refractivity contribution in [3.63, 3.8) is 0 Å². The zero-order chi connectivity index (χ0) is 10.7. The van der Waals surface area contributed by atoms with Crippen LogP contribution in [-0.4, -0.2) is 36.1 Å². The van der Waals surface area contributed by atoms with Gasteiger partial charge in [-0.15, -0.1) is 0 Å². The Labute approximate surface area is 81.1 Å². The number of halogens is 2. The van der Waals surface area contributed by atoms with Crippen LogP contribution in [0.15, 0.2) is 0 Å². The normalized spacial score (nSPS) is 23.0. The largest absolute Gasteiger partial charge is 0.337 e. The van der Waals surface area contributed by atoms with E-state index in [4.69, 9.17) is 0 Å². The SMILES string of the molecule is CCC1CN(C(=O)C(F)F)CCC1=O. The van der Waals surface area contributed by atoms with E-state index in [1.54, 1.807) is 0 Å². The quantitative estimate of drug-likeness (QED) is 0.676. The van der Waals surface area contributed by atoms with Gasteiger partial charge in [0.15, 0.2) is 0 Å². The zero-order valence-electron chi connectivity index (χ0n) is 8.00. The molecule has 1 aliphatic rings. The number of rotatable bonds is 2. The Morgan fingerprint density at radius 2 is 2.29 bits per heavy atom. The summed E-state index contributed by atoms with van der Waals surface area (Å²) in [5, 5.41) is 0. The fourth-order valence-corrected chi connectivity index (χ4v) is 1.60. The number of amides is 1. The molecule has 1 fully saturated rings. The van der Waals surface area contributed by atoms with Gasteiger partial charge in [-0.05, 0) is 6.42 Å². The molecule has 1 rings (SSSR count). The first-order valence-corrected chi connectivity index (χ1v) is 4.66. The molecule has 0 spiro atoms. The topological polar surface area (TPSA) is 37.4 Å². The van der Waals surface area contributed by atoms with Gasteiger partial charge in [-0.25, -0.2) is 0 Å². The van der Waals surface area contributed by atoms with E-state index >= 15 is 0 Å². The third-order valence-corrected chi connectivity index (χ3v) is 2.52. The second-order valence-electron chi connectivity index (χ2n) is 3.41. The minimum Gasteiger partial charge on any atom is -0.337 e. The van der Waals surface area contributed by atoms with Crippen LogP contribution < -0.4 is 0 Å². The highest BCUT2D eigenvalue weighted by molar-refractivity contribution is 5.86. The van der Waals surface area contributed by atoms with E-state index in [0.717, 1.165) is 4.90 Å². The first-order valence-electron chi connectivity index (χ1n) is 4.66. The highest BCUT2D eigenvalue weighted by Crippen LogP contribution is 2.17. The molecule has 14 heavy (non-hydrogen) atoms. The molecule has 0 N–H and O–H groups in total. The average molecular weight is 205 g/mol. The van der Waals surface area contributed by atoms with Crippen molar-refractivity contribution < 1.29 is 18.4 Å². The van der Waals surface area contributed by atoms with Crippen LogP contribution in [0, 0.1) is 5.92 Å². The molecule has 0 aromatic rings. The summed E-state index contributed by atoms with van der Waals surface area (Å²) < 4.78 is 24.1. The van der Waals surface area contributed by atoms with E-state index in [0.29, 0.717) is 6.42 Å². The first kappa shape index (κ1) is 11.1. The van der Waals surface area contributed by atoms with Gasteiger partial charge in [0.05, 0.1) is 0 Å². The number of ketones is 1. The van der Waals surface area contributed by atoms with E-state index in [9.17, 15) is 18.4 Å². The molecule has 1 heterocycles. The third kappa shape index (κ3) is 2.27. The van der Waals surface area contributed by atoms with Crippen molar-refractivity contribution >= 4 is 11.7 Å². The third-order valence-electron chi connectivity index (χ3n) is 2.52. The molecule has 0 radical (unpaired) electrons. The number of Topliss-reactive ketones (excluding diaryl/α,β-unsaturated/α-hetero) is 1. The Bertz CT molecular complexity index is 243. The van der Waals surface area contributed by atoms with E-state index in [1.807, 2.05) is 6.92 Å². The molecular weight excluding hydrogens is 192 g/mol. The summed E-state index contributed by atoms with van der Waals surface area (Å²) in [6.45, 7) is 2.11. The first-order chi connectivity index (χ1) is 6.56. The summed E-state index contributed by atoms with van der Waals surface area (Å²) in [6, 6.07) is 0. The summed E-state index contributed by atoms with van der Waals surface area (Å²) in [7, 11) is 0. The Kier molecular flexibility index (Phi) is 3.55. The standard InChI is InChI=1S/C9H13F2NO2/c1-2-6-5-12(4-3-7(6)13)9(14)8(10)11/h6,8H,2-5H2,1H3. The molecule has 0 aliphatic carbocycles. The number of hydrogen-bond acceptors (Lipinski definition) is 2. The number of piperidine rings is 1. The number of hydrogen-bond donors (Lipinski definition) is 0. The summed E-state index contributed by atoms with van der Waals surface area (Å²) in [6.07, 6.45) is -2.15. The van der Waals surface area contributed by atoms with Crippen molar-refractivity contribution in [1.29, 1.82) is 0 Å². The zero-order valence-corrected chi connectivity index (χ0v) is 8.00. The van der Waals surface area contributed by atoms with Crippen molar-refractivity contribution in [3.8, 4) is 0 Å². The van der Waals surface area contributed by atoms with Gasteiger partial charge in [-0.1, -0.05) is 6.92 Å². The van der Waals surface area contributed by atoms with Gasteiger partial charge in [0, 0.05) is 25.4 Å². The average Bonchev–Trinajstić information content (AvgIpc) is 2.17. The van der Waals surface area contributed by atoms with Crippen LogP contribution in [0.2, 0.25) is 0 Å². The van der Waals surface area contributed by atoms with Crippen molar-refractivity contribution in [2.45, 2.75) is 26.2 Å². The minimum atomic E-state index is -2.96. The van der Waals surface area contributed by atoms with Crippen LogP contribution in [-0.2, 0) is 9.59 Å². The predicted molar refractivity (Wildman–Crippen MR) is 46.0 cm³/mol. The van der Waals surface area contributed by atoms with Crippen molar-refractivity contribution in [3.05, 3.63) is 0 Å². The second-order valence-corrected chi connectivity index (χ2v) is 3.41. The number of carbonyl (C=O) groups is 2. The van der Waals surface area contributed by atoms with Gasteiger partial charge in [0.25, 0.3) is 5.91 Å². The van der Waals surface area contributed by atoms with Crippen LogP contribution in [0.3, 0.4) is 0 Å². The molecule has 80 valence electrons. The molecule has 1 amide bonds. The molecular formula is C9H13F2NO2. The van der Waals surface area contributed by atoms with Gasteiger partial charge in [0.2, 0.25) is 0 Å². The van der Waals surface area contributed by atoms with Crippen molar-refractivity contribution in [2.75, 3.05) is 13.1 Å². The lowest BCUT2D eigenvalue weighted by Crippen LogP contribution is -2.46. The fourth-order valence-electron chi connectivity index (χ4n) is 1.60. The number of likely N-dealkylation sites (tertiary alicyclic amines) is 1. The van der Waals surface area contributed by atoms with E-state index in [2.05, 4.69) is 0 Å².